The van der Waals surface area contributed by atoms with Gasteiger partial charge in [0.25, 0.3) is 5.91 Å². The Hall–Kier alpha value is -1.94. The van der Waals surface area contributed by atoms with Gasteiger partial charge < -0.3 is 5.32 Å². The van der Waals surface area contributed by atoms with Crippen molar-refractivity contribution < 1.29 is 4.79 Å². The van der Waals surface area contributed by atoms with Crippen molar-refractivity contribution in [1.82, 2.24) is 10.2 Å². The third kappa shape index (κ3) is 5.82. The molecule has 1 amide bonds. The van der Waals surface area contributed by atoms with Crippen LogP contribution in [0.25, 0.3) is 6.08 Å². The van der Waals surface area contributed by atoms with Gasteiger partial charge in [0.15, 0.2) is 5.11 Å². The lowest BCUT2D eigenvalue weighted by Crippen LogP contribution is -2.31. The molecule has 0 unspecified atom stereocenters. The average Bonchev–Trinajstić information content (AvgIpc) is 2.87. The molecule has 1 N–H and O–H groups in total. The monoisotopic (exact) mass is 356 g/mol. The van der Waals surface area contributed by atoms with Gasteiger partial charge in [-0.25, -0.2) is 0 Å². The Balaban J connectivity index is 2.20. The standard InChI is InChI=1S/C21H28N2OS/c1-3-5-8-13-18(15-17-11-9-7-10-12-17)16-19-20(24)23(14-6-4-2)21(25)22-19/h7,9-12,15-16H,3-6,8,13-14H2,1-2H3,(H,22,25)/b18-15-,19-16+. The molecule has 4 heteroatoms. The van der Waals surface area contributed by atoms with E-state index in [2.05, 4.69) is 37.4 Å². The highest BCUT2D eigenvalue weighted by molar-refractivity contribution is 7.80. The van der Waals surface area contributed by atoms with E-state index in [0.29, 0.717) is 17.4 Å². The molecular formula is C21H28N2OS. The van der Waals surface area contributed by atoms with Gasteiger partial charge in [-0.1, -0.05) is 69.5 Å². The van der Waals surface area contributed by atoms with Gasteiger partial charge in [-0.3, -0.25) is 9.69 Å². The van der Waals surface area contributed by atoms with Gasteiger partial charge in [-0.05, 0) is 48.7 Å². The number of thiocarbonyl (C=S) groups is 1. The molecule has 0 atom stereocenters. The summed E-state index contributed by atoms with van der Waals surface area (Å²) in [7, 11) is 0. The summed E-state index contributed by atoms with van der Waals surface area (Å²) < 4.78 is 0. The molecule has 0 saturated carbocycles. The van der Waals surface area contributed by atoms with Crippen molar-refractivity contribution in [3.05, 3.63) is 53.2 Å². The molecular weight excluding hydrogens is 328 g/mol. The van der Waals surface area contributed by atoms with Gasteiger partial charge in [-0.15, -0.1) is 0 Å². The molecule has 1 fully saturated rings. The van der Waals surface area contributed by atoms with Crippen LogP contribution in [0.1, 0.15) is 57.9 Å². The Bertz CT molecular complexity index is 649. The molecule has 0 spiro atoms. The summed E-state index contributed by atoms with van der Waals surface area (Å²) >= 11 is 5.33. The van der Waals surface area contributed by atoms with Crippen LogP contribution in [0.15, 0.2) is 47.7 Å². The number of unbranched alkanes of at least 4 members (excludes halogenated alkanes) is 3. The number of nitrogens with one attached hydrogen (secondary N) is 1. The lowest BCUT2D eigenvalue weighted by Gasteiger charge is -2.12. The molecule has 1 aromatic carbocycles. The Morgan fingerprint density at radius 1 is 1.12 bits per heavy atom. The van der Waals surface area contributed by atoms with E-state index in [4.69, 9.17) is 12.2 Å². The van der Waals surface area contributed by atoms with Crippen LogP contribution in [-0.4, -0.2) is 22.5 Å². The van der Waals surface area contributed by atoms with Crippen LogP contribution < -0.4 is 5.32 Å². The molecule has 2 rings (SSSR count). The SMILES string of the molecule is CCCCCC(=C/c1ccccc1)/C=C1/NC(=S)N(CCCC)C1=O. The zero-order chi connectivity index (χ0) is 18.1. The number of hydrogen-bond donors (Lipinski definition) is 1. The van der Waals surface area contributed by atoms with E-state index < -0.39 is 0 Å². The Labute approximate surface area is 156 Å². The maximum Gasteiger partial charge on any atom is 0.276 e. The number of rotatable bonds is 9. The molecule has 0 bridgehead atoms. The average molecular weight is 357 g/mol. The molecule has 1 aliphatic rings. The summed E-state index contributed by atoms with van der Waals surface area (Å²) in [6.07, 6.45) is 10.6. The van der Waals surface area contributed by atoms with Gasteiger partial charge in [0.2, 0.25) is 0 Å². The van der Waals surface area contributed by atoms with E-state index in [0.717, 1.165) is 36.8 Å². The minimum atomic E-state index is -0.00657. The van der Waals surface area contributed by atoms with Crippen molar-refractivity contribution in [2.75, 3.05) is 6.54 Å². The molecule has 3 nitrogen and oxygen atoms in total. The number of nitrogens with zero attached hydrogens (tertiary/aromatic N) is 1. The number of hydrogen-bond acceptors (Lipinski definition) is 2. The zero-order valence-electron chi connectivity index (χ0n) is 15.3. The number of benzene rings is 1. The van der Waals surface area contributed by atoms with E-state index in [1.54, 1.807) is 4.90 Å². The molecule has 0 aliphatic carbocycles. The van der Waals surface area contributed by atoms with Crippen LogP contribution in [0.5, 0.6) is 0 Å². The second-order valence-corrected chi connectivity index (χ2v) is 6.77. The van der Waals surface area contributed by atoms with E-state index in [1.807, 2.05) is 24.3 Å². The quantitative estimate of drug-likeness (QED) is 0.382. The minimum Gasteiger partial charge on any atom is -0.328 e. The fraction of sp³-hybridized carbons (Fsp3) is 0.429. The first-order valence-electron chi connectivity index (χ1n) is 9.25. The topological polar surface area (TPSA) is 32.3 Å². The molecule has 1 aromatic rings. The minimum absolute atomic E-state index is 0.00657. The van der Waals surface area contributed by atoms with Crippen LogP contribution in [0.4, 0.5) is 0 Å². The molecule has 25 heavy (non-hydrogen) atoms. The van der Waals surface area contributed by atoms with E-state index in [1.165, 1.54) is 12.8 Å². The highest BCUT2D eigenvalue weighted by Crippen LogP contribution is 2.19. The third-order valence-corrected chi connectivity index (χ3v) is 4.57. The highest BCUT2D eigenvalue weighted by atomic mass is 32.1. The van der Waals surface area contributed by atoms with E-state index in [-0.39, 0.29) is 5.91 Å². The first kappa shape index (κ1) is 19.4. The highest BCUT2D eigenvalue weighted by Gasteiger charge is 2.29. The largest absolute Gasteiger partial charge is 0.328 e. The molecule has 1 heterocycles. The number of amides is 1. The van der Waals surface area contributed by atoms with Gasteiger partial charge >= 0.3 is 0 Å². The van der Waals surface area contributed by atoms with E-state index in [9.17, 15) is 4.79 Å². The number of carbonyl (C=O) groups is 1. The smallest absolute Gasteiger partial charge is 0.276 e. The molecule has 0 aromatic heterocycles. The first-order chi connectivity index (χ1) is 12.2. The maximum atomic E-state index is 12.6. The lowest BCUT2D eigenvalue weighted by atomic mass is 10.0. The number of allylic oxidation sites excluding steroid dienone is 2. The Morgan fingerprint density at radius 3 is 2.52 bits per heavy atom. The second kappa shape index (κ2) is 10.1. The van der Waals surface area contributed by atoms with Gasteiger partial charge in [-0.2, -0.15) is 0 Å². The van der Waals surface area contributed by atoms with Crippen LogP contribution in [0.3, 0.4) is 0 Å². The summed E-state index contributed by atoms with van der Waals surface area (Å²) in [5.74, 6) is -0.00657. The maximum absolute atomic E-state index is 12.6. The van der Waals surface area contributed by atoms with Gasteiger partial charge in [0, 0.05) is 6.54 Å². The van der Waals surface area contributed by atoms with Crippen LogP contribution in [0.2, 0.25) is 0 Å². The van der Waals surface area contributed by atoms with Crippen LogP contribution >= 0.6 is 12.2 Å². The molecule has 1 saturated heterocycles. The predicted molar refractivity (Wildman–Crippen MR) is 109 cm³/mol. The predicted octanol–water partition coefficient (Wildman–Crippen LogP) is 5.05. The number of carbonyl (C=O) groups excluding carboxylic acids is 1. The Morgan fingerprint density at radius 2 is 1.84 bits per heavy atom. The van der Waals surface area contributed by atoms with Crippen molar-refractivity contribution in [2.45, 2.75) is 52.4 Å². The lowest BCUT2D eigenvalue weighted by molar-refractivity contribution is -0.122. The van der Waals surface area contributed by atoms with Gasteiger partial charge in [0.05, 0.1) is 0 Å². The third-order valence-electron chi connectivity index (χ3n) is 4.25. The van der Waals surface area contributed by atoms with Crippen LogP contribution in [-0.2, 0) is 4.79 Å². The van der Waals surface area contributed by atoms with Crippen molar-refractivity contribution in [1.29, 1.82) is 0 Å². The van der Waals surface area contributed by atoms with Crippen molar-refractivity contribution in [2.24, 2.45) is 0 Å². The van der Waals surface area contributed by atoms with Crippen molar-refractivity contribution >= 4 is 29.3 Å². The van der Waals surface area contributed by atoms with Crippen molar-refractivity contribution in [3.63, 3.8) is 0 Å². The summed E-state index contributed by atoms with van der Waals surface area (Å²) in [4.78, 5) is 14.3. The summed E-state index contributed by atoms with van der Waals surface area (Å²) in [6.45, 7) is 5.00. The fourth-order valence-electron chi connectivity index (χ4n) is 2.80. The molecule has 0 radical (unpaired) electrons. The zero-order valence-corrected chi connectivity index (χ0v) is 16.1. The van der Waals surface area contributed by atoms with Crippen LogP contribution in [0, 0.1) is 0 Å². The van der Waals surface area contributed by atoms with E-state index >= 15 is 0 Å². The second-order valence-electron chi connectivity index (χ2n) is 6.39. The molecule has 1 aliphatic heterocycles. The molecule has 134 valence electrons. The van der Waals surface area contributed by atoms with Gasteiger partial charge in [0.1, 0.15) is 5.70 Å². The Kier molecular flexibility index (Phi) is 7.86. The summed E-state index contributed by atoms with van der Waals surface area (Å²) in [5.41, 5.74) is 2.91. The summed E-state index contributed by atoms with van der Waals surface area (Å²) in [6, 6.07) is 10.2. The normalized spacial score (nSPS) is 16.6. The first-order valence-corrected chi connectivity index (χ1v) is 9.66. The fourth-order valence-corrected chi connectivity index (χ4v) is 3.09. The summed E-state index contributed by atoms with van der Waals surface area (Å²) in [5, 5.41) is 3.62. The van der Waals surface area contributed by atoms with Crippen molar-refractivity contribution in [3.8, 4) is 0 Å².